The highest BCUT2D eigenvalue weighted by atomic mass is 16.6. The van der Waals surface area contributed by atoms with Crippen molar-refractivity contribution < 1.29 is 24.9 Å². The molecule has 1 heterocycles. The predicted molar refractivity (Wildman–Crippen MR) is 70.5 cm³/mol. The molecule has 1 aliphatic heterocycles. The van der Waals surface area contributed by atoms with Crippen molar-refractivity contribution in [3.63, 3.8) is 0 Å². The van der Waals surface area contributed by atoms with Gasteiger partial charge in [-0.25, -0.2) is 4.79 Å². The average Bonchev–Trinajstić information content (AvgIpc) is 2.88. The molecule has 0 aromatic rings. The van der Waals surface area contributed by atoms with Gasteiger partial charge in [-0.2, -0.15) is 0 Å². The van der Waals surface area contributed by atoms with E-state index in [0.29, 0.717) is 6.42 Å². The first kappa shape index (κ1) is 13.8. The van der Waals surface area contributed by atoms with Crippen LogP contribution in [0.1, 0.15) is 20.3 Å². The summed E-state index contributed by atoms with van der Waals surface area (Å²) in [6, 6.07) is 0. The molecule has 0 amide bonds. The van der Waals surface area contributed by atoms with Crippen LogP contribution < -0.4 is 0 Å². The second-order valence-electron chi connectivity index (χ2n) is 6.40. The second kappa shape index (κ2) is 4.16. The van der Waals surface area contributed by atoms with E-state index in [1.165, 1.54) is 6.92 Å². The van der Waals surface area contributed by atoms with Gasteiger partial charge in [0.15, 0.2) is 0 Å². The third-order valence-electron chi connectivity index (χ3n) is 5.31. The topological polar surface area (TPSA) is 87.0 Å². The molecule has 0 bridgehead atoms. The molecule has 2 aliphatic carbocycles. The van der Waals surface area contributed by atoms with Gasteiger partial charge in [0.2, 0.25) is 0 Å². The summed E-state index contributed by atoms with van der Waals surface area (Å²) < 4.78 is 5.39. The number of hydrogen-bond acceptors (Lipinski definition) is 5. The number of fused-ring (bicyclic) bond motifs is 3. The molecular weight excluding hydrogens is 260 g/mol. The van der Waals surface area contributed by atoms with Gasteiger partial charge in [-0.1, -0.05) is 18.2 Å². The highest BCUT2D eigenvalue weighted by molar-refractivity contribution is 5.91. The monoisotopic (exact) mass is 280 g/mol. The van der Waals surface area contributed by atoms with Gasteiger partial charge >= 0.3 is 5.97 Å². The molecule has 2 fully saturated rings. The summed E-state index contributed by atoms with van der Waals surface area (Å²) in [5.74, 6) is -1.66. The highest BCUT2D eigenvalue weighted by Crippen LogP contribution is 2.52. The van der Waals surface area contributed by atoms with Gasteiger partial charge in [0.05, 0.1) is 17.6 Å². The molecule has 7 atom stereocenters. The molecule has 5 heteroatoms. The van der Waals surface area contributed by atoms with Crippen molar-refractivity contribution in [1.29, 1.82) is 0 Å². The van der Waals surface area contributed by atoms with Crippen molar-refractivity contribution in [2.45, 2.75) is 44.2 Å². The number of esters is 1. The first-order chi connectivity index (χ1) is 9.26. The van der Waals surface area contributed by atoms with E-state index in [0.717, 1.165) is 5.57 Å². The molecule has 0 spiro atoms. The summed E-state index contributed by atoms with van der Waals surface area (Å²) in [5.41, 5.74) is -0.234. The Bertz CT molecular complexity index is 506. The van der Waals surface area contributed by atoms with E-state index < -0.39 is 35.8 Å². The SMILES string of the molecule is C=C1C(=O)OC2C1C(O)C(O)C(C)(O)C1CC=C(C)C21. The Morgan fingerprint density at radius 2 is 2.05 bits per heavy atom. The Kier molecular flexibility index (Phi) is 2.87. The van der Waals surface area contributed by atoms with Gasteiger partial charge in [-0.3, -0.25) is 0 Å². The Balaban J connectivity index is 2.11. The molecule has 20 heavy (non-hydrogen) atoms. The average molecular weight is 280 g/mol. The molecule has 7 unspecified atom stereocenters. The number of carbonyl (C=O) groups excluding carboxylic acids is 1. The minimum Gasteiger partial charge on any atom is -0.458 e. The minimum absolute atomic E-state index is 0.178. The fourth-order valence-corrected chi connectivity index (χ4v) is 4.07. The molecule has 3 rings (SSSR count). The molecule has 0 radical (unpaired) electrons. The van der Waals surface area contributed by atoms with E-state index in [1.54, 1.807) is 0 Å². The van der Waals surface area contributed by atoms with Crippen LogP contribution in [0.3, 0.4) is 0 Å². The molecule has 0 aromatic carbocycles. The number of rotatable bonds is 0. The Hall–Kier alpha value is -1.17. The molecular formula is C15H20O5. The highest BCUT2D eigenvalue weighted by Gasteiger charge is 2.61. The summed E-state index contributed by atoms with van der Waals surface area (Å²) >= 11 is 0. The molecule has 1 saturated heterocycles. The van der Waals surface area contributed by atoms with E-state index in [2.05, 4.69) is 6.58 Å². The summed E-state index contributed by atoms with van der Waals surface area (Å²) in [5, 5.41) is 31.4. The zero-order chi connectivity index (χ0) is 14.8. The predicted octanol–water partition coefficient (Wildman–Crippen LogP) is 0.153. The zero-order valence-electron chi connectivity index (χ0n) is 11.6. The van der Waals surface area contributed by atoms with Crippen LogP contribution in [-0.4, -0.2) is 45.2 Å². The lowest BCUT2D eigenvalue weighted by atomic mass is 9.76. The maximum absolute atomic E-state index is 11.8. The third kappa shape index (κ3) is 1.57. The lowest BCUT2D eigenvalue weighted by molar-refractivity contribution is -0.147. The normalized spacial score (nSPS) is 51.1. The van der Waals surface area contributed by atoms with Gasteiger partial charge in [0.1, 0.15) is 12.2 Å². The van der Waals surface area contributed by atoms with E-state index in [-0.39, 0.29) is 17.4 Å². The molecule has 5 nitrogen and oxygen atoms in total. The lowest BCUT2D eigenvalue weighted by Crippen LogP contribution is -2.52. The van der Waals surface area contributed by atoms with Gasteiger partial charge in [-0.05, 0) is 20.3 Å². The Labute approximate surface area is 117 Å². The standard InChI is InChI=1S/C15H20O5/c1-6-4-5-8-9(6)12-10(7(2)14(18)20-12)11(16)13(17)15(8,3)19/h4,8-13,16-17,19H,2,5H2,1,3H3. The van der Waals surface area contributed by atoms with E-state index in [4.69, 9.17) is 4.74 Å². The fraction of sp³-hybridized carbons (Fsp3) is 0.667. The molecule has 3 aliphatic rings. The second-order valence-corrected chi connectivity index (χ2v) is 6.40. The minimum atomic E-state index is -1.44. The van der Waals surface area contributed by atoms with Crippen LogP contribution in [0.25, 0.3) is 0 Å². The van der Waals surface area contributed by atoms with Gasteiger partial charge in [0.25, 0.3) is 0 Å². The van der Waals surface area contributed by atoms with Crippen molar-refractivity contribution in [2.24, 2.45) is 17.8 Å². The number of allylic oxidation sites excluding steroid dienone is 1. The third-order valence-corrected chi connectivity index (χ3v) is 5.31. The largest absolute Gasteiger partial charge is 0.458 e. The van der Waals surface area contributed by atoms with E-state index >= 15 is 0 Å². The van der Waals surface area contributed by atoms with Crippen molar-refractivity contribution in [3.05, 3.63) is 23.8 Å². The number of hydrogen-bond donors (Lipinski definition) is 3. The van der Waals surface area contributed by atoms with Crippen LogP contribution in [0.5, 0.6) is 0 Å². The van der Waals surface area contributed by atoms with Crippen molar-refractivity contribution in [2.75, 3.05) is 0 Å². The van der Waals surface area contributed by atoms with Crippen LogP contribution in [0.2, 0.25) is 0 Å². The van der Waals surface area contributed by atoms with Crippen molar-refractivity contribution >= 4 is 5.97 Å². The fourth-order valence-electron chi connectivity index (χ4n) is 4.07. The van der Waals surface area contributed by atoms with E-state index in [1.807, 2.05) is 13.0 Å². The quantitative estimate of drug-likeness (QED) is 0.334. The van der Waals surface area contributed by atoms with Gasteiger partial charge in [-0.15, -0.1) is 0 Å². The Morgan fingerprint density at radius 3 is 2.70 bits per heavy atom. The molecule has 110 valence electrons. The van der Waals surface area contributed by atoms with Crippen LogP contribution in [0, 0.1) is 17.8 Å². The Morgan fingerprint density at radius 1 is 1.40 bits per heavy atom. The summed E-state index contributed by atoms with van der Waals surface area (Å²) in [6.45, 7) is 7.15. The van der Waals surface area contributed by atoms with Crippen molar-refractivity contribution in [1.82, 2.24) is 0 Å². The maximum atomic E-state index is 11.8. The molecule has 1 saturated carbocycles. The number of aliphatic hydroxyl groups excluding tert-OH is 2. The van der Waals surface area contributed by atoms with Crippen LogP contribution in [0.4, 0.5) is 0 Å². The van der Waals surface area contributed by atoms with Gasteiger partial charge < -0.3 is 20.1 Å². The maximum Gasteiger partial charge on any atom is 0.334 e. The number of aliphatic hydroxyl groups is 3. The summed E-state index contributed by atoms with van der Waals surface area (Å²) in [7, 11) is 0. The van der Waals surface area contributed by atoms with Gasteiger partial charge in [0, 0.05) is 17.4 Å². The lowest BCUT2D eigenvalue weighted by Gasteiger charge is -2.37. The first-order valence-electron chi connectivity index (χ1n) is 6.91. The molecule has 3 N–H and O–H groups in total. The van der Waals surface area contributed by atoms with Crippen LogP contribution >= 0.6 is 0 Å². The van der Waals surface area contributed by atoms with E-state index in [9.17, 15) is 20.1 Å². The zero-order valence-corrected chi connectivity index (χ0v) is 11.6. The number of carbonyl (C=O) groups is 1. The van der Waals surface area contributed by atoms with Crippen LogP contribution in [-0.2, 0) is 9.53 Å². The van der Waals surface area contributed by atoms with Crippen LogP contribution in [0.15, 0.2) is 23.8 Å². The number of ether oxygens (including phenoxy) is 1. The smallest absolute Gasteiger partial charge is 0.334 e. The summed E-state index contributed by atoms with van der Waals surface area (Å²) in [4.78, 5) is 11.8. The van der Waals surface area contributed by atoms with Crippen molar-refractivity contribution in [3.8, 4) is 0 Å². The molecule has 0 aromatic heterocycles. The first-order valence-corrected chi connectivity index (χ1v) is 6.91. The summed E-state index contributed by atoms with van der Waals surface area (Å²) in [6.07, 6.45) is -0.555.